The van der Waals surface area contributed by atoms with Crippen LogP contribution < -0.4 is 16.0 Å². The molecule has 0 spiro atoms. The Labute approximate surface area is 190 Å². The van der Waals surface area contributed by atoms with Gasteiger partial charge in [0.1, 0.15) is 0 Å². The SMILES string of the molecule is CCCC(=O)Nc1ccc(CN=C(NCC)NCc2cc(C(C)C)no2)cc1.I. The maximum atomic E-state index is 11.7. The average Bonchev–Trinajstić information content (AvgIpc) is 3.15. The van der Waals surface area contributed by atoms with Gasteiger partial charge >= 0.3 is 0 Å². The maximum absolute atomic E-state index is 11.7. The number of nitrogens with one attached hydrogen (secondary N) is 3. The van der Waals surface area contributed by atoms with Crippen LogP contribution in [0.2, 0.25) is 0 Å². The second-order valence-corrected chi connectivity index (χ2v) is 6.92. The van der Waals surface area contributed by atoms with Crippen molar-refractivity contribution < 1.29 is 9.32 Å². The van der Waals surface area contributed by atoms with Crippen molar-refractivity contribution in [3.8, 4) is 0 Å². The summed E-state index contributed by atoms with van der Waals surface area (Å²) in [5, 5.41) is 13.4. The highest BCUT2D eigenvalue weighted by Crippen LogP contribution is 2.14. The molecule has 0 radical (unpaired) electrons. The molecule has 160 valence electrons. The van der Waals surface area contributed by atoms with Crippen LogP contribution in [0.4, 0.5) is 5.69 Å². The van der Waals surface area contributed by atoms with Crippen molar-refractivity contribution in [3.63, 3.8) is 0 Å². The standard InChI is InChI=1S/C21H31N5O2.HI/c1-5-7-20(27)25-17-10-8-16(9-11-17)13-23-21(22-6-2)24-14-18-12-19(15(3)4)26-28-18;/h8-12,15H,5-7,13-14H2,1-4H3,(H,25,27)(H2,22,23,24);1H. The first-order valence-electron chi connectivity index (χ1n) is 9.88. The highest BCUT2D eigenvalue weighted by atomic mass is 127. The van der Waals surface area contributed by atoms with Gasteiger partial charge in [0.25, 0.3) is 0 Å². The number of rotatable bonds is 9. The molecule has 1 amide bonds. The number of benzene rings is 1. The van der Waals surface area contributed by atoms with E-state index in [-0.39, 0.29) is 29.9 Å². The van der Waals surface area contributed by atoms with Crippen LogP contribution in [0.1, 0.15) is 63.5 Å². The number of carbonyl (C=O) groups is 1. The Hall–Kier alpha value is -2.10. The molecule has 0 aliphatic rings. The predicted molar refractivity (Wildman–Crippen MR) is 128 cm³/mol. The Bertz CT molecular complexity index is 772. The number of halogens is 1. The zero-order valence-electron chi connectivity index (χ0n) is 17.6. The monoisotopic (exact) mass is 513 g/mol. The first-order chi connectivity index (χ1) is 13.5. The number of aliphatic imine (C=N–C) groups is 1. The van der Waals surface area contributed by atoms with Gasteiger partial charge in [-0.3, -0.25) is 4.79 Å². The van der Waals surface area contributed by atoms with E-state index in [1.807, 2.05) is 44.2 Å². The summed E-state index contributed by atoms with van der Waals surface area (Å²) in [6, 6.07) is 9.72. The van der Waals surface area contributed by atoms with Crippen LogP contribution in [0.25, 0.3) is 0 Å². The molecular weight excluding hydrogens is 481 g/mol. The molecule has 8 heteroatoms. The molecule has 0 bridgehead atoms. The van der Waals surface area contributed by atoms with Crippen LogP contribution in [-0.4, -0.2) is 23.6 Å². The smallest absolute Gasteiger partial charge is 0.224 e. The van der Waals surface area contributed by atoms with Crippen LogP contribution in [0.15, 0.2) is 39.8 Å². The molecule has 0 fully saturated rings. The van der Waals surface area contributed by atoms with Gasteiger partial charge in [-0.25, -0.2) is 4.99 Å². The molecule has 0 unspecified atom stereocenters. The fourth-order valence-corrected chi connectivity index (χ4v) is 2.51. The number of aromatic nitrogens is 1. The van der Waals surface area contributed by atoms with E-state index >= 15 is 0 Å². The molecule has 1 aromatic heterocycles. The van der Waals surface area contributed by atoms with Gasteiger partial charge in [-0.2, -0.15) is 0 Å². The highest BCUT2D eigenvalue weighted by molar-refractivity contribution is 14.0. The van der Waals surface area contributed by atoms with Gasteiger partial charge in [0, 0.05) is 24.7 Å². The summed E-state index contributed by atoms with van der Waals surface area (Å²) in [5.74, 6) is 1.88. The number of anilines is 1. The lowest BCUT2D eigenvalue weighted by atomic mass is 10.1. The molecule has 0 saturated carbocycles. The number of hydrogen-bond acceptors (Lipinski definition) is 4. The lowest BCUT2D eigenvalue weighted by Gasteiger charge is -2.10. The molecule has 0 atom stereocenters. The van der Waals surface area contributed by atoms with Gasteiger partial charge in [-0.1, -0.05) is 38.1 Å². The van der Waals surface area contributed by atoms with Crippen LogP contribution in [0.5, 0.6) is 0 Å². The average molecular weight is 513 g/mol. The van der Waals surface area contributed by atoms with E-state index in [0.717, 1.165) is 35.7 Å². The number of carbonyl (C=O) groups excluding carboxylic acids is 1. The van der Waals surface area contributed by atoms with Crippen molar-refractivity contribution in [2.75, 3.05) is 11.9 Å². The largest absolute Gasteiger partial charge is 0.359 e. The fourth-order valence-electron chi connectivity index (χ4n) is 2.51. The third-order valence-corrected chi connectivity index (χ3v) is 4.08. The maximum Gasteiger partial charge on any atom is 0.224 e. The summed E-state index contributed by atoms with van der Waals surface area (Å²) in [4.78, 5) is 16.3. The van der Waals surface area contributed by atoms with Gasteiger partial charge in [-0.15, -0.1) is 24.0 Å². The minimum Gasteiger partial charge on any atom is -0.359 e. The van der Waals surface area contributed by atoms with Crippen molar-refractivity contribution in [3.05, 3.63) is 47.3 Å². The molecule has 0 aliphatic heterocycles. The number of guanidine groups is 1. The molecule has 1 aromatic carbocycles. The minimum absolute atomic E-state index is 0. The van der Waals surface area contributed by atoms with Crippen molar-refractivity contribution in [2.45, 2.75) is 59.5 Å². The zero-order valence-corrected chi connectivity index (χ0v) is 19.9. The molecule has 2 rings (SSSR count). The second-order valence-electron chi connectivity index (χ2n) is 6.92. The van der Waals surface area contributed by atoms with Crippen LogP contribution in [-0.2, 0) is 17.9 Å². The Kier molecular flexibility index (Phi) is 11.3. The third-order valence-electron chi connectivity index (χ3n) is 4.08. The molecular formula is C21H32IN5O2. The minimum atomic E-state index is 0. The summed E-state index contributed by atoms with van der Waals surface area (Å²) < 4.78 is 5.35. The van der Waals surface area contributed by atoms with Crippen molar-refractivity contribution in [1.29, 1.82) is 0 Å². The van der Waals surface area contributed by atoms with E-state index in [2.05, 4.69) is 39.9 Å². The number of hydrogen-bond donors (Lipinski definition) is 3. The summed E-state index contributed by atoms with van der Waals surface area (Å²) in [6.45, 7) is 10.0. The van der Waals surface area contributed by atoms with E-state index < -0.39 is 0 Å². The van der Waals surface area contributed by atoms with E-state index in [9.17, 15) is 4.79 Å². The molecule has 7 nitrogen and oxygen atoms in total. The van der Waals surface area contributed by atoms with Gasteiger partial charge in [0.2, 0.25) is 5.91 Å². The van der Waals surface area contributed by atoms with Crippen molar-refractivity contribution >= 4 is 41.5 Å². The Morgan fingerprint density at radius 3 is 2.48 bits per heavy atom. The summed E-state index contributed by atoms with van der Waals surface area (Å²) in [7, 11) is 0. The first-order valence-corrected chi connectivity index (χ1v) is 9.88. The molecule has 1 heterocycles. The molecule has 3 N–H and O–H groups in total. The zero-order chi connectivity index (χ0) is 20.4. The van der Waals surface area contributed by atoms with Crippen LogP contribution >= 0.6 is 24.0 Å². The lowest BCUT2D eigenvalue weighted by Crippen LogP contribution is -2.36. The number of amides is 1. The molecule has 2 aromatic rings. The Morgan fingerprint density at radius 1 is 1.17 bits per heavy atom. The molecule has 0 saturated heterocycles. The van der Waals surface area contributed by atoms with Crippen molar-refractivity contribution in [1.82, 2.24) is 15.8 Å². The Morgan fingerprint density at radius 2 is 1.90 bits per heavy atom. The topological polar surface area (TPSA) is 91.5 Å². The summed E-state index contributed by atoms with van der Waals surface area (Å²) in [5.41, 5.74) is 2.82. The van der Waals surface area contributed by atoms with E-state index in [0.29, 0.717) is 31.4 Å². The summed E-state index contributed by atoms with van der Waals surface area (Å²) >= 11 is 0. The van der Waals surface area contributed by atoms with E-state index in [1.165, 1.54) is 0 Å². The van der Waals surface area contributed by atoms with Gasteiger partial charge < -0.3 is 20.5 Å². The van der Waals surface area contributed by atoms with Gasteiger partial charge in [0.05, 0.1) is 18.8 Å². The third kappa shape index (κ3) is 8.84. The van der Waals surface area contributed by atoms with E-state index in [1.54, 1.807) is 0 Å². The van der Waals surface area contributed by atoms with Gasteiger partial charge in [0.15, 0.2) is 11.7 Å². The Balaban J connectivity index is 0.00000420. The normalized spacial score (nSPS) is 11.1. The molecule has 0 aliphatic carbocycles. The first kappa shape index (κ1) is 24.9. The summed E-state index contributed by atoms with van der Waals surface area (Å²) in [6.07, 6.45) is 1.37. The van der Waals surface area contributed by atoms with Crippen molar-refractivity contribution in [2.24, 2.45) is 4.99 Å². The van der Waals surface area contributed by atoms with Crippen LogP contribution in [0, 0.1) is 0 Å². The fraction of sp³-hybridized carbons (Fsp3) is 0.476. The lowest BCUT2D eigenvalue weighted by molar-refractivity contribution is -0.116. The van der Waals surface area contributed by atoms with Gasteiger partial charge in [-0.05, 0) is 37.0 Å². The number of nitrogens with zero attached hydrogens (tertiary/aromatic N) is 2. The second kappa shape index (κ2) is 13.2. The molecule has 29 heavy (non-hydrogen) atoms. The predicted octanol–water partition coefficient (Wildman–Crippen LogP) is 4.41. The van der Waals surface area contributed by atoms with E-state index in [4.69, 9.17) is 4.52 Å². The van der Waals surface area contributed by atoms with Crippen LogP contribution in [0.3, 0.4) is 0 Å². The quantitative estimate of drug-likeness (QED) is 0.263. The highest BCUT2D eigenvalue weighted by Gasteiger charge is 2.08.